The number of methoxy groups -OCH3 is 1. The van der Waals surface area contributed by atoms with Gasteiger partial charge in [0.25, 0.3) is 0 Å². The molecule has 3 aromatic heterocycles. The minimum atomic E-state index is -0.257. The third kappa shape index (κ3) is 2.58. The van der Waals surface area contributed by atoms with E-state index in [0.717, 1.165) is 30.2 Å². The smallest absolute Gasteiger partial charge is 0.232 e. The van der Waals surface area contributed by atoms with E-state index < -0.39 is 0 Å². The van der Waals surface area contributed by atoms with Gasteiger partial charge in [-0.2, -0.15) is 10.1 Å². The number of fused-ring (bicyclic) bond motifs is 1. The van der Waals surface area contributed by atoms with Crippen molar-refractivity contribution < 1.29 is 4.74 Å². The summed E-state index contributed by atoms with van der Waals surface area (Å²) in [6, 6.07) is 0. The van der Waals surface area contributed by atoms with Gasteiger partial charge < -0.3 is 14.6 Å². The molecule has 0 bridgehead atoms. The zero-order valence-corrected chi connectivity index (χ0v) is 15.8. The molecule has 0 fully saturated rings. The van der Waals surface area contributed by atoms with Gasteiger partial charge in [-0.3, -0.25) is 4.68 Å². The van der Waals surface area contributed by atoms with Gasteiger partial charge in [-0.15, -0.1) is 0 Å². The molecule has 4 rings (SSSR count). The molecule has 1 atom stereocenters. The van der Waals surface area contributed by atoms with Gasteiger partial charge >= 0.3 is 0 Å². The molecule has 1 N–H and O–H groups in total. The van der Waals surface area contributed by atoms with Gasteiger partial charge in [0.1, 0.15) is 11.4 Å². The first kappa shape index (κ1) is 16.1. The van der Waals surface area contributed by atoms with Crippen molar-refractivity contribution >= 4 is 27.6 Å². The molecule has 130 valence electrons. The predicted molar refractivity (Wildman–Crippen MR) is 96.1 cm³/mol. The summed E-state index contributed by atoms with van der Waals surface area (Å²) in [7, 11) is 1.57. The fourth-order valence-electron chi connectivity index (χ4n) is 3.14. The van der Waals surface area contributed by atoms with Crippen molar-refractivity contribution in [3.63, 3.8) is 0 Å². The summed E-state index contributed by atoms with van der Waals surface area (Å²) in [4.78, 5) is 13.1. The van der Waals surface area contributed by atoms with Crippen LogP contribution in [0.1, 0.15) is 24.9 Å². The first-order valence-electron chi connectivity index (χ1n) is 7.93. The van der Waals surface area contributed by atoms with E-state index in [1.165, 1.54) is 0 Å². The number of aromatic nitrogens is 6. The highest BCUT2D eigenvalue weighted by atomic mass is 79.9. The third-order valence-corrected chi connectivity index (χ3v) is 5.14. The quantitative estimate of drug-likeness (QED) is 0.720. The first-order valence-corrected chi connectivity index (χ1v) is 8.72. The van der Waals surface area contributed by atoms with E-state index in [0.29, 0.717) is 16.3 Å². The second-order valence-corrected chi connectivity index (χ2v) is 7.07. The summed E-state index contributed by atoms with van der Waals surface area (Å²) in [5.74, 6) is 1.97. The van der Waals surface area contributed by atoms with Gasteiger partial charge in [0.15, 0.2) is 0 Å². The van der Waals surface area contributed by atoms with E-state index in [9.17, 15) is 0 Å². The minimum Gasteiger partial charge on any atom is -0.480 e. The van der Waals surface area contributed by atoms with Crippen molar-refractivity contribution in [2.75, 3.05) is 12.4 Å². The number of nitrogens with one attached hydrogen (secondary N) is 1. The molecule has 1 aliphatic rings. The Labute approximate surface area is 153 Å². The average Bonchev–Trinajstić information content (AvgIpc) is 3.28. The van der Waals surface area contributed by atoms with E-state index in [1.807, 2.05) is 30.2 Å². The summed E-state index contributed by atoms with van der Waals surface area (Å²) >= 11 is 3.35. The Balaban J connectivity index is 1.66. The number of rotatable bonds is 4. The van der Waals surface area contributed by atoms with E-state index in [2.05, 4.69) is 47.7 Å². The van der Waals surface area contributed by atoms with Gasteiger partial charge in [0, 0.05) is 25.1 Å². The van der Waals surface area contributed by atoms with Crippen molar-refractivity contribution in [3.8, 4) is 5.88 Å². The molecule has 0 saturated heterocycles. The molecule has 25 heavy (non-hydrogen) atoms. The maximum atomic E-state index is 5.22. The Morgan fingerprint density at radius 3 is 3.00 bits per heavy atom. The highest BCUT2D eigenvalue weighted by molar-refractivity contribution is 9.10. The van der Waals surface area contributed by atoms with E-state index >= 15 is 0 Å². The van der Waals surface area contributed by atoms with Gasteiger partial charge in [0.05, 0.1) is 29.2 Å². The van der Waals surface area contributed by atoms with E-state index in [1.54, 1.807) is 13.3 Å². The van der Waals surface area contributed by atoms with Crippen molar-refractivity contribution in [3.05, 3.63) is 40.8 Å². The zero-order chi connectivity index (χ0) is 17.6. The second kappa shape index (κ2) is 5.83. The maximum absolute atomic E-state index is 5.22. The van der Waals surface area contributed by atoms with Gasteiger partial charge in [0.2, 0.25) is 11.8 Å². The summed E-state index contributed by atoms with van der Waals surface area (Å²) in [5, 5.41) is 7.92. The third-order valence-electron chi connectivity index (χ3n) is 4.59. The van der Waals surface area contributed by atoms with Crippen LogP contribution in [0.2, 0.25) is 0 Å². The molecule has 8 nitrogen and oxygen atoms in total. The highest BCUT2D eigenvalue weighted by Gasteiger charge is 2.39. The normalized spacial score (nSPS) is 19.0. The molecule has 3 aromatic rings. The molecule has 0 radical (unpaired) electrons. The van der Waals surface area contributed by atoms with Gasteiger partial charge in [-0.1, -0.05) is 0 Å². The average molecular weight is 404 g/mol. The lowest BCUT2D eigenvalue weighted by atomic mass is 10.0. The van der Waals surface area contributed by atoms with Crippen molar-refractivity contribution in [2.24, 2.45) is 0 Å². The molecule has 0 spiro atoms. The number of hydrogen-bond donors (Lipinski definition) is 1. The zero-order valence-electron chi connectivity index (χ0n) is 14.2. The predicted octanol–water partition coefficient (Wildman–Crippen LogP) is 2.86. The van der Waals surface area contributed by atoms with Crippen LogP contribution in [-0.2, 0) is 12.1 Å². The van der Waals surface area contributed by atoms with Crippen LogP contribution in [0.25, 0.3) is 0 Å². The highest BCUT2D eigenvalue weighted by Crippen LogP contribution is 2.35. The Bertz CT molecular complexity index is 934. The number of ether oxygens (including phenoxy) is 1. The maximum Gasteiger partial charge on any atom is 0.232 e. The van der Waals surface area contributed by atoms with Crippen LogP contribution in [0, 0.1) is 6.92 Å². The largest absolute Gasteiger partial charge is 0.480 e. The van der Waals surface area contributed by atoms with Crippen molar-refractivity contribution in [1.29, 1.82) is 0 Å². The molecule has 1 unspecified atom stereocenters. The van der Waals surface area contributed by atoms with Crippen LogP contribution >= 0.6 is 15.9 Å². The SMILES string of the molecule is COc1nc(Nc2cn(C3(C)CCn4ccnc43)nc2C)ncc1Br. The fourth-order valence-corrected chi connectivity index (χ4v) is 3.49. The lowest BCUT2D eigenvalue weighted by Crippen LogP contribution is -2.30. The van der Waals surface area contributed by atoms with Crippen LogP contribution < -0.4 is 10.1 Å². The van der Waals surface area contributed by atoms with Crippen LogP contribution in [0.15, 0.2) is 29.3 Å². The number of aryl methyl sites for hydroxylation is 2. The summed E-state index contributed by atoms with van der Waals surface area (Å²) in [5.41, 5.74) is 1.47. The molecule has 0 saturated carbocycles. The van der Waals surface area contributed by atoms with Crippen molar-refractivity contribution in [1.82, 2.24) is 29.3 Å². The van der Waals surface area contributed by atoms with Crippen LogP contribution in [0.4, 0.5) is 11.6 Å². The number of imidazole rings is 1. The monoisotopic (exact) mass is 403 g/mol. The molecule has 9 heteroatoms. The van der Waals surface area contributed by atoms with Crippen LogP contribution in [0.5, 0.6) is 5.88 Å². The summed E-state index contributed by atoms with van der Waals surface area (Å²) in [6.07, 6.45) is 8.45. The fraction of sp³-hybridized carbons (Fsp3) is 0.375. The van der Waals surface area contributed by atoms with Crippen LogP contribution in [-0.4, -0.2) is 36.4 Å². The Hall–Kier alpha value is -2.42. The Morgan fingerprint density at radius 1 is 1.36 bits per heavy atom. The molecule has 1 aliphatic heterocycles. The number of nitrogens with zero attached hydrogens (tertiary/aromatic N) is 6. The van der Waals surface area contributed by atoms with Gasteiger partial charge in [-0.25, -0.2) is 9.97 Å². The standard InChI is InChI=1S/C16H18BrN7O/c1-10-12(20-15-19-8-11(17)13(21-15)25-3)9-24(22-10)16(2)4-6-23-7-5-18-14(16)23/h5,7-9H,4,6H2,1-3H3,(H,19,20,21). The van der Waals surface area contributed by atoms with E-state index in [4.69, 9.17) is 9.84 Å². The Morgan fingerprint density at radius 2 is 2.20 bits per heavy atom. The second-order valence-electron chi connectivity index (χ2n) is 6.22. The molecule has 4 heterocycles. The summed E-state index contributed by atoms with van der Waals surface area (Å²) in [6.45, 7) is 5.06. The number of anilines is 2. The Kier molecular flexibility index (Phi) is 3.75. The van der Waals surface area contributed by atoms with Crippen molar-refractivity contribution in [2.45, 2.75) is 32.4 Å². The van der Waals surface area contributed by atoms with E-state index in [-0.39, 0.29) is 5.54 Å². The number of halogens is 1. The minimum absolute atomic E-state index is 0.257. The molecule has 0 aliphatic carbocycles. The topological polar surface area (TPSA) is 82.7 Å². The molecule has 0 aromatic carbocycles. The lowest BCUT2D eigenvalue weighted by molar-refractivity contribution is 0.343. The summed E-state index contributed by atoms with van der Waals surface area (Å²) < 4.78 is 10.1. The first-order chi connectivity index (χ1) is 12.0. The number of hydrogen-bond acceptors (Lipinski definition) is 6. The molecule has 0 amide bonds. The van der Waals surface area contributed by atoms with Gasteiger partial charge in [-0.05, 0) is 36.2 Å². The van der Waals surface area contributed by atoms with Crippen LogP contribution in [0.3, 0.4) is 0 Å². The lowest BCUT2D eigenvalue weighted by Gasteiger charge is -2.23. The molecular formula is C16H18BrN7O. The molecular weight excluding hydrogens is 386 g/mol.